The number of likely N-dealkylation sites (tertiary alicyclic amines) is 3. The molecule has 5 atom stereocenters. The molecule has 8 rings (SSSR count). The van der Waals surface area contributed by atoms with E-state index in [9.17, 15) is 18.0 Å². The predicted octanol–water partition coefficient (Wildman–Crippen LogP) is 4.07. The summed E-state index contributed by atoms with van der Waals surface area (Å²) in [5.41, 5.74) is 1.34. The highest BCUT2D eigenvalue weighted by Crippen LogP contribution is 2.52. The van der Waals surface area contributed by atoms with Crippen molar-refractivity contribution in [3.8, 4) is 0 Å². The average molecular weight is 793 g/mol. The van der Waals surface area contributed by atoms with Crippen LogP contribution in [-0.4, -0.2) is 143 Å². The van der Waals surface area contributed by atoms with E-state index in [-0.39, 0.29) is 51.7 Å². The van der Waals surface area contributed by atoms with Crippen molar-refractivity contribution in [2.75, 3.05) is 84.6 Å². The molecular formula is C42H57FN6O6S. The first-order valence-electron chi connectivity index (χ1n) is 20.4. The van der Waals surface area contributed by atoms with Gasteiger partial charge in [-0.2, -0.15) is 4.31 Å². The summed E-state index contributed by atoms with van der Waals surface area (Å²) in [5.74, 6) is 0.108. The number of carbonyl (C=O) groups excluding carboxylic acids is 2. The number of methoxy groups -OCH3 is 2. The van der Waals surface area contributed by atoms with Gasteiger partial charge in [0.05, 0.1) is 25.1 Å². The Bertz CT molecular complexity index is 1880. The first kappa shape index (κ1) is 39.3. The summed E-state index contributed by atoms with van der Waals surface area (Å²) in [6.45, 7) is 11.2. The van der Waals surface area contributed by atoms with Gasteiger partial charge in [-0.05, 0) is 125 Å². The summed E-state index contributed by atoms with van der Waals surface area (Å²) in [7, 11) is -0.491. The maximum atomic E-state index is 15.1. The average Bonchev–Trinajstić information content (AvgIpc) is 3.94. The maximum absolute atomic E-state index is 15.1. The molecule has 56 heavy (non-hydrogen) atoms. The summed E-state index contributed by atoms with van der Waals surface area (Å²) in [6.07, 6.45) is 7.53. The molecule has 2 amide bonds. The lowest BCUT2D eigenvalue weighted by atomic mass is 9.57. The number of rotatable bonds is 13. The Labute approximate surface area is 331 Å². The Hall–Kier alpha value is -3.56. The monoisotopic (exact) mass is 792 g/mol. The Kier molecular flexibility index (Phi) is 11.0. The lowest BCUT2D eigenvalue weighted by Gasteiger charge is -2.55. The highest BCUT2D eigenvalue weighted by atomic mass is 32.2. The van der Waals surface area contributed by atoms with Crippen LogP contribution in [0, 0.1) is 17.7 Å². The van der Waals surface area contributed by atoms with Crippen LogP contribution in [0.2, 0.25) is 0 Å². The summed E-state index contributed by atoms with van der Waals surface area (Å²) in [5, 5.41) is 3.18. The van der Waals surface area contributed by atoms with E-state index in [4.69, 9.17) is 9.47 Å². The van der Waals surface area contributed by atoms with Gasteiger partial charge in [-0.25, -0.2) is 17.6 Å². The molecular weight excluding hydrogens is 736 g/mol. The minimum absolute atomic E-state index is 0.0347. The second kappa shape index (κ2) is 15.7. The minimum atomic E-state index is -3.68. The third kappa shape index (κ3) is 7.14. The van der Waals surface area contributed by atoms with Gasteiger partial charge in [0.2, 0.25) is 15.9 Å². The lowest BCUT2D eigenvalue weighted by Crippen LogP contribution is -2.68. The molecule has 0 radical (unpaired) electrons. The number of carbonyl (C=O) groups is 2. The Morgan fingerprint density at radius 2 is 1.71 bits per heavy atom. The van der Waals surface area contributed by atoms with Crippen LogP contribution in [0.3, 0.4) is 0 Å². The molecule has 1 N–H and O–H groups in total. The van der Waals surface area contributed by atoms with Crippen LogP contribution in [0.1, 0.15) is 50.5 Å². The summed E-state index contributed by atoms with van der Waals surface area (Å²) in [4.78, 5) is 34.0. The number of nitrogens with one attached hydrogen (secondary N) is 1. The number of piperazine rings is 1. The SMILES string of the molecule is C=CC(=O)N1C[C@H]2C[C@@H]1CN2S(=O)(=O)c1ccc(N2CC(CN3CCC([C@@](CN4CCC4)(c4cccc(F)c4)[C@H]4CCC[C@@H]4NC(=O)OC)CC3)(OC)C2)cc1. The molecule has 5 aliphatic heterocycles. The standard InChI is InChI=1S/C42H57FN6O6S/c1-4-39(50)48-24-35-23-34(48)25-49(35)56(52,53)36-14-12-33(13-15-36)47-27-41(28-47,55-3)26-46-20-16-30(17-21-46)42(29-45-18-7-19-45,31-8-5-9-32(43)22-31)37-10-6-11-38(37)44-40(51)54-2/h4-5,8-9,12-15,22,30,34-35,37-38H,1,6-7,10-11,16-21,23-29H2,2-3H3,(H,44,51)/t34-,35-,37+,38+,42+/m1/s1. The normalized spacial score (nSPS) is 28.1. The Morgan fingerprint density at radius 1 is 0.964 bits per heavy atom. The number of amides is 2. The van der Waals surface area contributed by atoms with Crippen LogP contribution in [-0.2, 0) is 29.7 Å². The molecule has 304 valence electrons. The van der Waals surface area contributed by atoms with E-state index in [1.54, 1.807) is 34.5 Å². The third-order valence-electron chi connectivity index (χ3n) is 14.1. The van der Waals surface area contributed by atoms with Crippen molar-refractivity contribution in [1.29, 1.82) is 0 Å². The van der Waals surface area contributed by atoms with Gasteiger partial charge in [-0.15, -0.1) is 0 Å². The molecule has 1 saturated carbocycles. The summed E-state index contributed by atoms with van der Waals surface area (Å²) < 4.78 is 55.1. The molecule has 2 aromatic rings. The molecule has 5 heterocycles. The third-order valence-corrected chi connectivity index (χ3v) is 16.1. The number of hydrogen-bond donors (Lipinski definition) is 1. The molecule has 0 aromatic heterocycles. The first-order chi connectivity index (χ1) is 27.0. The van der Waals surface area contributed by atoms with Gasteiger partial charge in [-0.3, -0.25) is 4.79 Å². The van der Waals surface area contributed by atoms with Crippen molar-refractivity contribution in [2.45, 2.75) is 79.0 Å². The fourth-order valence-corrected chi connectivity index (χ4v) is 12.8. The smallest absolute Gasteiger partial charge is 0.407 e. The number of anilines is 1. The van der Waals surface area contributed by atoms with Crippen molar-refractivity contribution in [3.05, 3.63) is 72.6 Å². The van der Waals surface area contributed by atoms with Gasteiger partial charge < -0.3 is 34.4 Å². The number of nitrogens with zero attached hydrogens (tertiary/aromatic N) is 5. The molecule has 6 aliphatic rings. The molecule has 0 spiro atoms. The van der Waals surface area contributed by atoms with Gasteiger partial charge in [-0.1, -0.05) is 25.1 Å². The van der Waals surface area contributed by atoms with E-state index < -0.39 is 16.1 Å². The van der Waals surface area contributed by atoms with E-state index >= 15 is 4.39 Å². The van der Waals surface area contributed by atoms with Crippen LogP contribution in [0.4, 0.5) is 14.9 Å². The fraction of sp³-hybridized carbons (Fsp3) is 0.619. The van der Waals surface area contributed by atoms with E-state index in [0.29, 0.717) is 38.5 Å². The van der Waals surface area contributed by atoms with Crippen molar-refractivity contribution < 1.29 is 31.9 Å². The second-order valence-corrected chi connectivity index (χ2v) is 19.0. The number of ether oxygens (including phenoxy) is 2. The highest BCUT2D eigenvalue weighted by molar-refractivity contribution is 7.89. The lowest BCUT2D eigenvalue weighted by molar-refractivity contribution is -0.127. The van der Waals surface area contributed by atoms with E-state index in [1.165, 1.54) is 25.7 Å². The molecule has 14 heteroatoms. The van der Waals surface area contributed by atoms with Gasteiger partial charge >= 0.3 is 6.09 Å². The van der Waals surface area contributed by atoms with Gasteiger partial charge in [0.1, 0.15) is 11.4 Å². The zero-order valence-corrected chi connectivity index (χ0v) is 33.6. The fourth-order valence-electron chi connectivity index (χ4n) is 11.2. The molecule has 12 nitrogen and oxygen atoms in total. The van der Waals surface area contributed by atoms with Crippen molar-refractivity contribution in [3.63, 3.8) is 0 Å². The van der Waals surface area contributed by atoms with E-state index in [0.717, 1.165) is 82.6 Å². The van der Waals surface area contributed by atoms with Crippen molar-refractivity contribution >= 4 is 27.7 Å². The van der Waals surface area contributed by atoms with E-state index in [2.05, 4.69) is 32.7 Å². The molecule has 5 saturated heterocycles. The maximum Gasteiger partial charge on any atom is 0.407 e. The molecule has 0 unspecified atom stereocenters. The van der Waals surface area contributed by atoms with E-state index in [1.807, 2.05) is 18.2 Å². The van der Waals surface area contributed by atoms with Crippen molar-refractivity contribution in [2.24, 2.45) is 11.8 Å². The minimum Gasteiger partial charge on any atom is -0.453 e. The van der Waals surface area contributed by atoms with Crippen molar-refractivity contribution in [1.82, 2.24) is 24.3 Å². The van der Waals surface area contributed by atoms with Crippen LogP contribution < -0.4 is 10.2 Å². The highest BCUT2D eigenvalue weighted by Gasteiger charge is 2.54. The number of alkyl carbamates (subject to hydrolysis) is 1. The molecule has 1 aliphatic carbocycles. The second-order valence-electron chi connectivity index (χ2n) is 17.1. The molecule has 2 bridgehead atoms. The molecule has 2 aromatic carbocycles. The zero-order valence-electron chi connectivity index (χ0n) is 32.8. The largest absolute Gasteiger partial charge is 0.453 e. The summed E-state index contributed by atoms with van der Waals surface area (Å²) in [6, 6.07) is 14.1. The summed E-state index contributed by atoms with van der Waals surface area (Å²) >= 11 is 0. The Morgan fingerprint density at radius 3 is 2.32 bits per heavy atom. The van der Waals surface area contributed by atoms with Crippen LogP contribution in [0.25, 0.3) is 0 Å². The first-order valence-corrected chi connectivity index (χ1v) is 21.8. The van der Waals surface area contributed by atoms with Gasteiger partial charge in [0.15, 0.2) is 0 Å². The number of hydrogen-bond acceptors (Lipinski definition) is 9. The predicted molar refractivity (Wildman–Crippen MR) is 211 cm³/mol. The number of benzene rings is 2. The molecule has 6 fully saturated rings. The quantitative estimate of drug-likeness (QED) is 0.300. The van der Waals surface area contributed by atoms with Gasteiger partial charge in [0, 0.05) is 62.5 Å². The van der Waals surface area contributed by atoms with Crippen LogP contribution >= 0.6 is 0 Å². The number of halogens is 1. The number of piperidine rings is 1. The van der Waals surface area contributed by atoms with Crippen LogP contribution in [0.5, 0.6) is 0 Å². The number of sulfonamides is 1. The zero-order chi connectivity index (χ0) is 39.2. The topological polar surface area (TPSA) is 115 Å². The Balaban J connectivity index is 0.926. The van der Waals surface area contributed by atoms with Gasteiger partial charge in [0.25, 0.3) is 0 Å². The van der Waals surface area contributed by atoms with Crippen LogP contribution in [0.15, 0.2) is 66.1 Å². The number of fused-ring (bicyclic) bond motifs is 2.